The molecule has 0 radical (unpaired) electrons. The van der Waals surface area contributed by atoms with Crippen LogP contribution < -0.4 is 4.74 Å². The Morgan fingerprint density at radius 3 is 2.04 bits per heavy atom. The molecule has 0 bridgehead atoms. The first-order valence-electron chi connectivity index (χ1n) is 6.73. The van der Waals surface area contributed by atoms with E-state index < -0.39 is 30.1 Å². The lowest BCUT2D eigenvalue weighted by Crippen LogP contribution is -2.32. The van der Waals surface area contributed by atoms with E-state index >= 15 is 0 Å². The molecule has 0 atom stereocenters. The van der Waals surface area contributed by atoms with Crippen LogP contribution in [0.1, 0.15) is 31.1 Å². The summed E-state index contributed by atoms with van der Waals surface area (Å²) in [6, 6.07) is 11.0. The number of alkyl halides is 2. The minimum atomic E-state index is -3.14. The van der Waals surface area contributed by atoms with Gasteiger partial charge in [-0.2, -0.15) is 8.78 Å². The highest BCUT2D eigenvalue weighted by Crippen LogP contribution is 2.26. The lowest BCUT2D eigenvalue weighted by Gasteiger charge is -2.14. The Hall–Kier alpha value is -3.29. The zero-order valence-corrected chi connectivity index (χ0v) is 11.9. The van der Waals surface area contributed by atoms with Gasteiger partial charge in [-0.05, 0) is 24.3 Å². The van der Waals surface area contributed by atoms with E-state index in [1.165, 1.54) is 30.3 Å². The van der Waals surface area contributed by atoms with Crippen molar-refractivity contribution in [2.45, 2.75) is 6.61 Å². The molecule has 1 heterocycles. The van der Waals surface area contributed by atoms with Crippen LogP contribution in [0.5, 0.6) is 5.75 Å². The number of hydrogen-bond acceptors (Lipinski definition) is 5. The number of halogens is 2. The summed E-state index contributed by atoms with van der Waals surface area (Å²) >= 11 is 0. The van der Waals surface area contributed by atoms with E-state index in [9.17, 15) is 23.2 Å². The SMILES string of the molecule is O=C(ON1C(=O)c2ccccc2C1=O)c1ccccc1OC(F)F. The lowest BCUT2D eigenvalue weighted by atomic mass is 10.1. The predicted molar refractivity (Wildman–Crippen MR) is 75.4 cm³/mol. The average Bonchev–Trinajstić information content (AvgIpc) is 2.80. The third-order valence-corrected chi connectivity index (χ3v) is 3.25. The highest BCUT2D eigenvalue weighted by Gasteiger charge is 2.39. The average molecular weight is 333 g/mol. The standard InChI is InChI=1S/C16H9F2NO5/c17-16(18)23-12-8-4-3-7-11(12)15(22)24-19-13(20)9-5-1-2-6-10(9)14(19)21/h1-8,16H. The van der Waals surface area contributed by atoms with Crippen molar-refractivity contribution >= 4 is 17.8 Å². The van der Waals surface area contributed by atoms with Gasteiger partial charge in [0, 0.05) is 0 Å². The number of ether oxygens (including phenoxy) is 1. The number of hydroxylamine groups is 2. The number of carbonyl (C=O) groups excluding carboxylic acids is 3. The van der Waals surface area contributed by atoms with Crippen molar-refractivity contribution in [3.8, 4) is 5.75 Å². The van der Waals surface area contributed by atoms with Crippen LogP contribution in [0.15, 0.2) is 48.5 Å². The Labute approximate surface area is 134 Å². The molecule has 24 heavy (non-hydrogen) atoms. The van der Waals surface area contributed by atoms with Crippen LogP contribution in [0, 0.1) is 0 Å². The van der Waals surface area contributed by atoms with Crippen LogP contribution in [0.2, 0.25) is 0 Å². The van der Waals surface area contributed by atoms with E-state index in [1.54, 1.807) is 12.1 Å². The number of rotatable bonds is 4. The molecular weight excluding hydrogens is 324 g/mol. The minimum absolute atomic E-state index is 0.0902. The molecule has 2 amide bonds. The van der Waals surface area contributed by atoms with Crippen molar-refractivity contribution in [1.82, 2.24) is 5.06 Å². The number of para-hydroxylation sites is 1. The fraction of sp³-hybridized carbons (Fsp3) is 0.0625. The Morgan fingerprint density at radius 2 is 1.46 bits per heavy atom. The zero-order chi connectivity index (χ0) is 17.3. The quantitative estimate of drug-likeness (QED) is 0.804. The molecule has 3 rings (SSSR count). The van der Waals surface area contributed by atoms with Crippen molar-refractivity contribution in [1.29, 1.82) is 0 Å². The maximum Gasteiger partial charge on any atom is 0.387 e. The molecule has 8 heteroatoms. The van der Waals surface area contributed by atoms with E-state index in [0.29, 0.717) is 5.06 Å². The largest absolute Gasteiger partial charge is 0.434 e. The van der Waals surface area contributed by atoms with Gasteiger partial charge < -0.3 is 9.57 Å². The third-order valence-electron chi connectivity index (χ3n) is 3.25. The molecule has 1 aliphatic rings. The Kier molecular flexibility index (Phi) is 3.95. The number of nitrogens with zero attached hydrogens (tertiary/aromatic N) is 1. The van der Waals surface area contributed by atoms with Gasteiger partial charge in [0.1, 0.15) is 11.3 Å². The highest BCUT2D eigenvalue weighted by atomic mass is 19.3. The van der Waals surface area contributed by atoms with E-state index in [4.69, 9.17) is 4.84 Å². The lowest BCUT2D eigenvalue weighted by molar-refractivity contribution is -0.0622. The zero-order valence-electron chi connectivity index (χ0n) is 11.9. The van der Waals surface area contributed by atoms with Crippen LogP contribution in [0.4, 0.5) is 8.78 Å². The van der Waals surface area contributed by atoms with Gasteiger partial charge >= 0.3 is 12.6 Å². The molecule has 2 aromatic rings. The first-order chi connectivity index (χ1) is 11.5. The van der Waals surface area contributed by atoms with Crippen LogP contribution in [-0.4, -0.2) is 29.5 Å². The van der Waals surface area contributed by atoms with Gasteiger partial charge in [0.15, 0.2) is 0 Å². The number of fused-ring (bicyclic) bond motifs is 1. The molecule has 0 fully saturated rings. The summed E-state index contributed by atoms with van der Waals surface area (Å²) in [5, 5.41) is 0.298. The van der Waals surface area contributed by atoms with E-state index in [1.807, 2.05) is 0 Å². The van der Waals surface area contributed by atoms with Gasteiger partial charge in [0.2, 0.25) is 0 Å². The molecule has 0 aliphatic carbocycles. The minimum Gasteiger partial charge on any atom is -0.434 e. The van der Waals surface area contributed by atoms with E-state index in [-0.39, 0.29) is 16.7 Å². The molecular formula is C16H9F2NO5. The number of benzene rings is 2. The molecule has 0 aromatic heterocycles. The fourth-order valence-electron chi connectivity index (χ4n) is 2.22. The van der Waals surface area contributed by atoms with Crippen LogP contribution in [0.25, 0.3) is 0 Å². The summed E-state index contributed by atoms with van der Waals surface area (Å²) in [4.78, 5) is 41.2. The first-order valence-corrected chi connectivity index (χ1v) is 6.73. The summed E-state index contributed by atoms with van der Waals surface area (Å²) in [6.45, 7) is -3.14. The van der Waals surface area contributed by atoms with Crippen LogP contribution in [0.3, 0.4) is 0 Å². The maximum absolute atomic E-state index is 12.4. The Bertz CT molecular complexity index is 802. The first kappa shape index (κ1) is 15.6. The molecule has 2 aromatic carbocycles. The smallest absolute Gasteiger partial charge is 0.387 e. The van der Waals surface area contributed by atoms with E-state index in [2.05, 4.69) is 4.74 Å². The summed E-state index contributed by atoms with van der Waals surface area (Å²) < 4.78 is 29.0. The van der Waals surface area contributed by atoms with Crippen molar-refractivity contribution in [3.05, 3.63) is 65.2 Å². The van der Waals surface area contributed by atoms with Gasteiger partial charge in [-0.25, -0.2) is 4.79 Å². The van der Waals surface area contributed by atoms with Crippen LogP contribution >= 0.6 is 0 Å². The fourth-order valence-corrected chi connectivity index (χ4v) is 2.22. The molecule has 0 N–H and O–H groups in total. The molecule has 1 aliphatic heterocycles. The van der Waals surface area contributed by atoms with Crippen molar-refractivity contribution in [3.63, 3.8) is 0 Å². The van der Waals surface area contributed by atoms with Gasteiger partial charge in [-0.1, -0.05) is 29.3 Å². The number of carbonyl (C=O) groups is 3. The summed E-state index contributed by atoms with van der Waals surface area (Å²) in [6.07, 6.45) is 0. The number of hydrogen-bond donors (Lipinski definition) is 0. The van der Waals surface area contributed by atoms with Crippen molar-refractivity contribution < 1.29 is 32.7 Å². The Balaban J connectivity index is 1.84. The van der Waals surface area contributed by atoms with Gasteiger partial charge in [-0.15, -0.1) is 0 Å². The van der Waals surface area contributed by atoms with E-state index in [0.717, 1.165) is 6.07 Å². The normalized spacial score (nSPS) is 13.2. The van der Waals surface area contributed by atoms with Gasteiger partial charge in [0.05, 0.1) is 11.1 Å². The molecule has 6 nitrogen and oxygen atoms in total. The summed E-state index contributed by atoms with van der Waals surface area (Å²) in [7, 11) is 0. The summed E-state index contributed by atoms with van der Waals surface area (Å²) in [5.41, 5.74) is -0.158. The van der Waals surface area contributed by atoms with Crippen molar-refractivity contribution in [2.24, 2.45) is 0 Å². The Morgan fingerprint density at radius 1 is 0.917 bits per heavy atom. The second kappa shape index (κ2) is 6.07. The van der Waals surface area contributed by atoms with Crippen LogP contribution in [-0.2, 0) is 4.84 Å². The number of imide groups is 1. The molecule has 0 unspecified atom stereocenters. The monoisotopic (exact) mass is 333 g/mol. The molecule has 0 saturated heterocycles. The van der Waals surface area contributed by atoms with Gasteiger partial charge in [0.25, 0.3) is 11.8 Å². The number of amides is 2. The topological polar surface area (TPSA) is 72.9 Å². The summed E-state index contributed by atoms with van der Waals surface area (Å²) in [5.74, 6) is -3.21. The predicted octanol–water partition coefficient (Wildman–Crippen LogP) is 2.66. The highest BCUT2D eigenvalue weighted by molar-refractivity contribution is 6.21. The molecule has 122 valence electrons. The molecule has 0 spiro atoms. The maximum atomic E-state index is 12.4. The molecule has 0 saturated carbocycles. The second-order valence-electron chi connectivity index (χ2n) is 4.70. The second-order valence-corrected chi connectivity index (χ2v) is 4.70. The van der Waals surface area contributed by atoms with Gasteiger partial charge in [-0.3, -0.25) is 9.59 Å². The van der Waals surface area contributed by atoms with Crippen molar-refractivity contribution in [2.75, 3.05) is 0 Å². The third kappa shape index (κ3) is 2.69.